The summed E-state index contributed by atoms with van der Waals surface area (Å²) >= 11 is 0. The van der Waals surface area contributed by atoms with Crippen LogP contribution >= 0.6 is 0 Å². The third-order valence-electron chi connectivity index (χ3n) is 7.07. The molecule has 13 heteroatoms. The summed E-state index contributed by atoms with van der Waals surface area (Å²) < 4.78 is 23.1. The van der Waals surface area contributed by atoms with Crippen molar-refractivity contribution in [2.75, 3.05) is 25.1 Å². The summed E-state index contributed by atoms with van der Waals surface area (Å²) in [6.45, 7) is 1.07. The van der Waals surface area contributed by atoms with E-state index in [1.807, 2.05) is 30.3 Å². The van der Waals surface area contributed by atoms with Gasteiger partial charge < -0.3 is 15.4 Å². The van der Waals surface area contributed by atoms with E-state index in [1.165, 1.54) is 0 Å². The Morgan fingerprint density at radius 2 is 1.88 bits per heavy atom. The van der Waals surface area contributed by atoms with Crippen molar-refractivity contribution in [3.05, 3.63) is 66.2 Å². The fourth-order valence-electron chi connectivity index (χ4n) is 4.96. The number of carboxylic acids is 1. The number of carbonyl (C=O) groups excluding carboxylic acids is 3. The van der Waals surface area contributed by atoms with E-state index in [0.717, 1.165) is 32.5 Å². The summed E-state index contributed by atoms with van der Waals surface area (Å²) in [6.07, 6.45) is 4.83. The maximum absolute atomic E-state index is 14.0. The van der Waals surface area contributed by atoms with Crippen LogP contribution in [-0.4, -0.2) is 88.2 Å². The Labute approximate surface area is 231 Å². The number of aromatic nitrogens is 2. The van der Waals surface area contributed by atoms with E-state index in [0.29, 0.717) is 18.4 Å². The summed E-state index contributed by atoms with van der Waals surface area (Å²) in [7, 11) is -3.47. The number of carbonyl (C=O) groups is 4. The molecule has 2 atom stereocenters. The van der Waals surface area contributed by atoms with Gasteiger partial charge in [-0.15, -0.1) is 0 Å². The predicted octanol–water partition coefficient (Wildman–Crippen LogP) is 1.68. The van der Waals surface area contributed by atoms with Crippen LogP contribution in [0, 0.1) is 0 Å². The lowest BCUT2D eigenvalue weighted by atomic mass is 9.86. The molecule has 2 aromatic carbocycles. The number of aryl methyl sites for hydroxylation is 1. The van der Waals surface area contributed by atoms with Crippen molar-refractivity contribution in [3.8, 4) is 0 Å². The summed E-state index contributed by atoms with van der Waals surface area (Å²) in [4.78, 5) is 61.7. The summed E-state index contributed by atoms with van der Waals surface area (Å²) in [5.74, 6) is -3.17. The van der Waals surface area contributed by atoms with Gasteiger partial charge in [0.05, 0.1) is 12.1 Å². The molecule has 1 aliphatic rings. The Kier molecular flexibility index (Phi) is 8.24. The molecule has 2 unspecified atom stereocenters. The van der Waals surface area contributed by atoms with Crippen molar-refractivity contribution in [1.29, 1.82) is 0 Å². The lowest BCUT2D eigenvalue weighted by Crippen LogP contribution is -2.51. The number of nitrogens with zero attached hydrogens (tertiary/aromatic N) is 3. The van der Waals surface area contributed by atoms with Crippen molar-refractivity contribution in [1.82, 2.24) is 25.1 Å². The molecule has 2 heterocycles. The van der Waals surface area contributed by atoms with Crippen molar-refractivity contribution in [2.24, 2.45) is 0 Å². The van der Waals surface area contributed by atoms with Crippen LogP contribution in [0.25, 0.3) is 10.8 Å². The Hall–Kier alpha value is -4.26. The first-order chi connectivity index (χ1) is 18.9. The van der Waals surface area contributed by atoms with Crippen LogP contribution in [-0.2, 0) is 36.2 Å². The Morgan fingerprint density at radius 3 is 2.55 bits per heavy atom. The number of benzene rings is 2. The third-order valence-corrected chi connectivity index (χ3v) is 8.05. The number of rotatable bonds is 12. The zero-order valence-electron chi connectivity index (χ0n) is 22.2. The first kappa shape index (κ1) is 28.7. The number of amides is 4. The number of sulfone groups is 1. The van der Waals surface area contributed by atoms with E-state index in [9.17, 15) is 32.7 Å². The molecule has 1 aromatic heterocycles. The highest BCUT2D eigenvalue weighted by molar-refractivity contribution is 7.90. The monoisotopic (exact) mass is 569 g/mol. The maximum atomic E-state index is 14.0. The number of imide groups is 1. The molecule has 0 radical (unpaired) electrons. The van der Waals surface area contributed by atoms with Crippen LogP contribution in [0.1, 0.15) is 31.0 Å². The Morgan fingerprint density at radius 1 is 1.15 bits per heavy atom. The van der Waals surface area contributed by atoms with Crippen molar-refractivity contribution in [2.45, 2.75) is 37.8 Å². The van der Waals surface area contributed by atoms with Gasteiger partial charge in [0.15, 0.2) is 0 Å². The summed E-state index contributed by atoms with van der Waals surface area (Å²) in [6, 6.07) is 10.6. The SMILES string of the molecule is CC1(c2cccc3ccccc23)C(=O)N(CCCc2cnc[nH]2)C(=O)N1CC(=O)NC(CCS(C)(=O)=O)C(=O)O. The molecule has 0 saturated carbocycles. The van der Waals surface area contributed by atoms with Crippen LogP contribution in [0.3, 0.4) is 0 Å². The minimum absolute atomic E-state index is 0.0985. The van der Waals surface area contributed by atoms with Gasteiger partial charge in [0, 0.05) is 24.7 Å². The molecule has 40 heavy (non-hydrogen) atoms. The van der Waals surface area contributed by atoms with Gasteiger partial charge in [-0.3, -0.25) is 19.4 Å². The van der Waals surface area contributed by atoms with Gasteiger partial charge in [-0.05, 0) is 42.5 Å². The highest BCUT2D eigenvalue weighted by Crippen LogP contribution is 2.40. The smallest absolute Gasteiger partial charge is 0.328 e. The largest absolute Gasteiger partial charge is 0.480 e. The van der Waals surface area contributed by atoms with E-state index in [2.05, 4.69) is 15.3 Å². The van der Waals surface area contributed by atoms with Gasteiger partial charge in [-0.2, -0.15) is 0 Å². The molecule has 3 N–H and O–H groups in total. The topological polar surface area (TPSA) is 170 Å². The quantitative estimate of drug-likeness (QED) is 0.277. The lowest BCUT2D eigenvalue weighted by Gasteiger charge is -2.33. The Balaban J connectivity index is 1.64. The molecule has 4 amide bonds. The zero-order valence-corrected chi connectivity index (χ0v) is 23.0. The van der Waals surface area contributed by atoms with Crippen LogP contribution in [0.2, 0.25) is 0 Å². The fourth-order valence-corrected chi connectivity index (χ4v) is 5.62. The molecule has 0 spiro atoms. The number of aliphatic carboxylic acids is 1. The van der Waals surface area contributed by atoms with E-state index in [4.69, 9.17) is 0 Å². The van der Waals surface area contributed by atoms with Crippen LogP contribution < -0.4 is 5.32 Å². The number of nitrogens with one attached hydrogen (secondary N) is 2. The third kappa shape index (κ3) is 5.98. The number of hydrogen-bond acceptors (Lipinski definition) is 7. The second kappa shape index (κ2) is 11.5. The van der Waals surface area contributed by atoms with E-state index < -0.39 is 57.5 Å². The number of hydrogen-bond donors (Lipinski definition) is 3. The minimum Gasteiger partial charge on any atom is -0.480 e. The molecular formula is C27H31N5O7S. The molecule has 12 nitrogen and oxygen atoms in total. The highest BCUT2D eigenvalue weighted by atomic mass is 32.2. The molecule has 3 aromatic rings. The van der Waals surface area contributed by atoms with Gasteiger partial charge in [0.1, 0.15) is 28.0 Å². The molecule has 212 valence electrons. The molecule has 1 aliphatic heterocycles. The van der Waals surface area contributed by atoms with Gasteiger partial charge >= 0.3 is 12.0 Å². The Bertz CT molecular complexity index is 1530. The van der Waals surface area contributed by atoms with Crippen LogP contribution in [0.4, 0.5) is 4.79 Å². The molecular weight excluding hydrogens is 538 g/mol. The first-order valence-corrected chi connectivity index (χ1v) is 14.8. The van der Waals surface area contributed by atoms with E-state index >= 15 is 0 Å². The van der Waals surface area contributed by atoms with Gasteiger partial charge in [0.25, 0.3) is 5.91 Å². The van der Waals surface area contributed by atoms with Crippen LogP contribution in [0.15, 0.2) is 55.0 Å². The number of aromatic amines is 1. The second-order valence-electron chi connectivity index (χ2n) is 9.98. The lowest BCUT2D eigenvalue weighted by molar-refractivity contribution is -0.142. The minimum atomic E-state index is -3.47. The van der Waals surface area contributed by atoms with Crippen molar-refractivity contribution >= 4 is 44.4 Å². The number of H-pyrrole nitrogens is 1. The number of fused-ring (bicyclic) bond motifs is 1. The molecule has 1 fully saturated rings. The summed E-state index contributed by atoms with van der Waals surface area (Å²) in [5.41, 5.74) is -0.185. The van der Waals surface area contributed by atoms with Gasteiger partial charge in [-0.25, -0.2) is 23.0 Å². The number of urea groups is 1. The zero-order chi connectivity index (χ0) is 29.1. The normalized spacial score (nSPS) is 18.4. The van der Waals surface area contributed by atoms with Crippen LogP contribution in [0.5, 0.6) is 0 Å². The first-order valence-electron chi connectivity index (χ1n) is 12.7. The van der Waals surface area contributed by atoms with Gasteiger partial charge in [-0.1, -0.05) is 42.5 Å². The average molecular weight is 570 g/mol. The molecule has 1 saturated heterocycles. The standard InChI is InChI=1S/C27H31N5O7S/c1-27(21-11-5-8-18-7-3-4-10-20(18)21)25(36)31(13-6-9-19-15-28-17-29-19)26(37)32(27)16-23(33)30-22(24(34)35)12-14-40(2,38)39/h3-5,7-8,10-11,15,17,22H,6,9,12-14,16H2,1-2H3,(H,28,29)(H,30,33)(H,34,35). The molecule has 0 bridgehead atoms. The molecule has 0 aliphatic carbocycles. The van der Waals surface area contributed by atoms with E-state index in [1.54, 1.807) is 31.6 Å². The summed E-state index contributed by atoms with van der Waals surface area (Å²) in [5, 5.41) is 13.4. The maximum Gasteiger partial charge on any atom is 0.328 e. The molecule has 4 rings (SSSR count). The van der Waals surface area contributed by atoms with Gasteiger partial charge in [0.2, 0.25) is 5.91 Å². The average Bonchev–Trinajstić information content (AvgIpc) is 3.48. The number of carboxylic acid groups (broad SMARTS) is 1. The van der Waals surface area contributed by atoms with E-state index in [-0.39, 0.29) is 13.0 Å². The van der Waals surface area contributed by atoms with Crippen molar-refractivity contribution in [3.63, 3.8) is 0 Å². The number of imidazole rings is 1. The fraction of sp³-hybridized carbons (Fsp3) is 0.370. The van der Waals surface area contributed by atoms with Crippen molar-refractivity contribution < 1.29 is 32.7 Å². The highest BCUT2D eigenvalue weighted by Gasteiger charge is 2.56. The second-order valence-corrected chi connectivity index (χ2v) is 12.2. The predicted molar refractivity (Wildman–Crippen MR) is 146 cm³/mol.